The van der Waals surface area contributed by atoms with Crippen molar-refractivity contribution in [2.24, 2.45) is 0 Å². The summed E-state index contributed by atoms with van der Waals surface area (Å²) in [6.07, 6.45) is 1.06. The second-order valence-electron chi connectivity index (χ2n) is 7.03. The fourth-order valence-electron chi connectivity index (χ4n) is 3.13. The first-order valence-corrected chi connectivity index (χ1v) is 10.0. The molecule has 34 heavy (non-hydrogen) atoms. The summed E-state index contributed by atoms with van der Waals surface area (Å²) in [4.78, 5) is 38.3. The van der Waals surface area contributed by atoms with Gasteiger partial charge in [0.1, 0.15) is 29.6 Å². The first kappa shape index (κ1) is 24.4. The minimum atomic E-state index is -1.19. The number of nitrogens with zero attached hydrogens (tertiary/aromatic N) is 1. The molecule has 8 nitrogen and oxygen atoms in total. The van der Waals surface area contributed by atoms with Crippen molar-refractivity contribution < 1.29 is 27.5 Å². The third-order valence-electron chi connectivity index (χ3n) is 4.85. The van der Waals surface area contributed by atoms with Gasteiger partial charge in [0.05, 0.1) is 0 Å². The third kappa shape index (κ3) is 5.20. The summed E-state index contributed by atoms with van der Waals surface area (Å²) < 4.78 is 47.7. The molecule has 0 radical (unpaired) electrons. The number of hydrogen-bond acceptors (Lipinski definition) is 5. The highest BCUT2D eigenvalue weighted by molar-refractivity contribution is 5.98. The topological polar surface area (TPSA) is 101 Å². The minimum Gasteiger partial charge on any atom is -0.482 e. The molecule has 0 atom stereocenters. The maximum absolute atomic E-state index is 13.9. The molecule has 0 fully saturated rings. The van der Waals surface area contributed by atoms with Crippen LogP contribution in [0.25, 0.3) is 0 Å². The molecule has 0 unspecified atom stereocenters. The van der Waals surface area contributed by atoms with Crippen LogP contribution in [0.3, 0.4) is 0 Å². The molecule has 1 heterocycles. The Morgan fingerprint density at radius 2 is 1.65 bits per heavy atom. The second-order valence-corrected chi connectivity index (χ2v) is 7.03. The quantitative estimate of drug-likeness (QED) is 0.465. The number of carbonyl (C=O) groups is 2. The van der Waals surface area contributed by atoms with Gasteiger partial charge >= 0.3 is 0 Å². The highest BCUT2D eigenvalue weighted by atomic mass is 19.1. The molecule has 3 rings (SSSR count). The molecule has 2 amide bonds. The number of aromatic nitrogens is 1. The molecular formula is C23H21F3N4O4. The van der Waals surface area contributed by atoms with Crippen molar-refractivity contribution in [3.05, 3.63) is 98.7 Å². The highest BCUT2D eigenvalue weighted by Gasteiger charge is 2.25. The van der Waals surface area contributed by atoms with Crippen molar-refractivity contribution in [3.63, 3.8) is 0 Å². The number of nitrogens with one attached hydrogen (secondary N) is 3. The predicted octanol–water partition coefficient (Wildman–Crippen LogP) is 2.31. The van der Waals surface area contributed by atoms with Gasteiger partial charge in [-0.2, -0.15) is 0 Å². The van der Waals surface area contributed by atoms with Crippen LogP contribution in [0.2, 0.25) is 0 Å². The molecule has 0 aliphatic heterocycles. The third-order valence-corrected chi connectivity index (χ3v) is 4.85. The molecule has 0 aliphatic rings. The van der Waals surface area contributed by atoms with E-state index < -0.39 is 58.1 Å². The lowest BCUT2D eigenvalue weighted by molar-refractivity contribution is 0.0931. The van der Waals surface area contributed by atoms with Gasteiger partial charge in [-0.15, -0.1) is 0 Å². The van der Waals surface area contributed by atoms with E-state index in [1.807, 2.05) is 0 Å². The summed E-state index contributed by atoms with van der Waals surface area (Å²) >= 11 is 0. The Hall–Kier alpha value is -4.28. The van der Waals surface area contributed by atoms with E-state index in [9.17, 15) is 27.6 Å². The van der Waals surface area contributed by atoms with Crippen LogP contribution < -0.4 is 26.2 Å². The van der Waals surface area contributed by atoms with Crippen LogP contribution in [-0.2, 0) is 13.2 Å². The van der Waals surface area contributed by atoms with Crippen LogP contribution in [0.1, 0.15) is 32.0 Å². The molecule has 0 saturated carbocycles. The molecule has 2 aromatic carbocycles. The Bertz CT molecular complexity index is 1260. The first-order valence-electron chi connectivity index (χ1n) is 10.0. The van der Waals surface area contributed by atoms with Gasteiger partial charge < -0.3 is 20.8 Å². The zero-order valence-corrected chi connectivity index (χ0v) is 18.2. The minimum absolute atomic E-state index is 0.0686. The molecule has 1 aromatic heterocycles. The standard InChI is InChI=1S/C23H21F3N4O4/c1-27-23(33)19-21(34-12-13-6-4-3-5-7-13)20(31)16(11-30(19)28-2)22(32)29-10-15-17(25)8-14(24)9-18(15)26/h3-9,11,28H,10,12H2,1-2H3,(H,27,33)(H,29,32). The van der Waals surface area contributed by atoms with Crippen LogP contribution >= 0.6 is 0 Å². The van der Waals surface area contributed by atoms with Gasteiger partial charge in [0, 0.05) is 44.5 Å². The van der Waals surface area contributed by atoms with Crippen molar-refractivity contribution in [3.8, 4) is 5.75 Å². The summed E-state index contributed by atoms with van der Waals surface area (Å²) in [7, 11) is 2.81. The summed E-state index contributed by atoms with van der Waals surface area (Å²) in [6, 6.07) is 9.78. The monoisotopic (exact) mass is 474 g/mol. The summed E-state index contributed by atoms with van der Waals surface area (Å²) in [6.45, 7) is -0.714. The maximum atomic E-state index is 13.9. The zero-order chi connectivity index (χ0) is 24.8. The lowest BCUT2D eigenvalue weighted by Crippen LogP contribution is -2.35. The van der Waals surface area contributed by atoms with E-state index in [2.05, 4.69) is 16.1 Å². The Morgan fingerprint density at radius 3 is 2.24 bits per heavy atom. The number of halogens is 3. The van der Waals surface area contributed by atoms with Crippen LogP contribution in [0, 0.1) is 17.5 Å². The molecule has 178 valence electrons. The summed E-state index contributed by atoms with van der Waals surface area (Å²) in [5, 5.41) is 4.63. The van der Waals surface area contributed by atoms with Gasteiger partial charge in [-0.1, -0.05) is 30.3 Å². The van der Waals surface area contributed by atoms with Gasteiger partial charge in [0.15, 0.2) is 11.4 Å². The molecular weight excluding hydrogens is 453 g/mol. The number of benzene rings is 2. The summed E-state index contributed by atoms with van der Waals surface area (Å²) in [5.74, 6) is -5.52. The number of hydrogen-bond donors (Lipinski definition) is 3. The first-order chi connectivity index (χ1) is 16.3. The van der Waals surface area contributed by atoms with Crippen molar-refractivity contribution in [1.82, 2.24) is 15.3 Å². The number of rotatable bonds is 8. The Morgan fingerprint density at radius 1 is 1.00 bits per heavy atom. The summed E-state index contributed by atoms with van der Waals surface area (Å²) in [5.41, 5.74) is 1.26. The average molecular weight is 474 g/mol. The largest absolute Gasteiger partial charge is 0.482 e. The molecule has 0 aliphatic carbocycles. The lowest BCUT2D eigenvalue weighted by atomic mass is 10.1. The maximum Gasteiger partial charge on any atom is 0.273 e. The Kier molecular flexibility index (Phi) is 7.57. The van der Waals surface area contributed by atoms with Crippen molar-refractivity contribution in [2.75, 3.05) is 19.5 Å². The lowest BCUT2D eigenvalue weighted by Gasteiger charge is -2.18. The molecule has 3 aromatic rings. The van der Waals surface area contributed by atoms with Gasteiger partial charge in [0.2, 0.25) is 5.43 Å². The second kappa shape index (κ2) is 10.6. The van der Waals surface area contributed by atoms with Crippen LogP contribution in [0.4, 0.5) is 13.2 Å². The predicted molar refractivity (Wildman–Crippen MR) is 118 cm³/mol. The fraction of sp³-hybridized carbons (Fsp3) is 0.174. The van der Waals surface area contributed by atoms with E-state index in [1.54, 1.807) is 30.3 Å². The van der Waals surface area contributed by atoms with Gasteiger partial charge in [-0.25, -0.2) is 13.2 Å². The van der Waals surface area contributed by atoms with E-state index in [-0.39, 0.29) is 12.3 Å². The van der Waals surface area contributed by atoms with E-state index >= 15 is 0 Å². The molecule has 0 bridgehead atoms. The normalized spacial score (nSPS) is 10.5. The number of ether oxygens (including phenoxy) is 1. The number of amides is 2. The Labute approximate surface area is 192 Å². The number of carbonyl (C=O) groups excluding carboxylic acids is 2. The molecule has 0 saturated heterocycles. The van der Waals surface area contributed by atoms with E-state index in [1.165, 1.54) is 14.1 Å². The van der Waals surface area contributed by atoms with Crippen LogP contribution in [0.15, 0.2) is 53.5 Å². The van der Waals surface area contributed by atoms with Gasteiger partial charge in [-0.05, 0) is 5.56 Å². The SMILES string of the molecule is CNC(=O)c1c(OCc2ccccc2)c(=O)c(C(=O)NCc2c(F)cc(F)cc2F)cn1NC. The van der Waals surface area contributed by atoms with E-state index in [0.717, 1.165) is 10.9 Å². The fourth-order valence-corrected chi connectivity index (χ4v) is 3.13. The van der Waals surface area contributed by atoms with E-state index in [0.29, 0.717) is 17.7 Å². The zero-order valence-electron chi connectivity index (χ0n) is 18.2. The average Bonchev–Trinajstić information content (AvgIpc) is 2.82. The molecule has 3 N–H and O–H groups in total. The smallest absolute Gasteiger partial charge is 0.273 e. The van der Waals surface area contributed by atoms with Gasteiger partial charge in [-0.3, -0.25) is 19.1 Å². The van der Waals surface area contributed by atoms with Crippen molar-refractivity contribution >= 4 is 11.8 Å². The van der Waals surface area contributed by atoms with Crippen molar-refractivity contribution in [2.45, 2.75) is 13.2 Å². The molecule has 11 heteroatoms. The van der Waals surface area contributed by atoms with Crippen LogP contribution in [0.5, 0.6) is 5.75 Å². The van der Waals surface area contributed by atoms with E-state index in [4.69, 9.17) is 4.74 Å². The van der Waals surface area contributed by atoms with Gasteiger partial charge in [0.25, 0.3) is 11.8 Å². The van der Waals surface area contributed by atoms with Crippen molar-refractivity contribution in [1.29, 1.82) is 0 Å². The Balaban J connectivity index is 1.97. The number of pyridine rings is 1. The highest BCUT2D eigenvalue weighted by Crippen LogP contribution is 2.18. The molecule has 0 spiro atoms. The van der Waals surface area contributed by atoms with Crippen LogP contribution in [-0.4, -0.2) is 30.6 Å².